The lowest BCUT2D eigenvalue weighted by molar-refractivity contribution is -0.147. The number of hydrogen-bond donors (Lipinski definition) is 1. The number of nitrogens with zero attached hydrogens (tertiary/aromatic N) is 5. The third-order valence-corrected chi connectivity index (χ3v) is 4.46. The molecule has 3 heterocycles. The van der Waals surface area contributed by atoms with Crippen LogP contribution in [0.5, 0.6) is 0 Å². The predicted molar refractivity (Wildman–Crippen MR) is 100 cm³/mol. The largest absolute Gasteiger partial charge is 0.464 e. The van der Waals surface area contributed by atoms with Gasteiger partial charge in [-0.1, -0.05) is 12.1 Å². The third-order valence-electron chi connectivity index (χ3n) is 4.46. The Balaban J connectivity index is 1.38. The van der Waals surface area contributed by atoms with Crippen molar-refractivity contribution in [3.05, 3.63) is 47.5 Å². The second-order valence-corrected chi connectivity index (χ2v) is 6.27. The van der Waals surface area contributed by atoms with Gasteiger partial charge >= 0.3 is 11.7 Å². The highest BCUT2D eigenvalue weighted by atomic mass is 16.5. The van der Waals surface area contributed by atoms with E-state index in [0.717, 1.165) is 0 Å². The zero-order valence-electron chi connectivity index (χ0n) is 15.1. The summed E-state index contributed by atoms with van der Waals surface area (Å²) in [7, 11) is 0. The summed E-state index contributed by atoms with van der Waals surface area (Å²) in [5.41, 5.74) is 7.92. The minimum atomic E-state index is -0.794. The Hall–Kier alpha value is -3.69. The van der Waals surface area contributed by atoms with Gasteiger partial charge in [0.2, 0.25) is 0 Å². The summed E-state index contributed by atoms with van der Waals surface area (Å²) in [6.45, 7) is 2.34. The van der Waals surface area contributed by atoms with Crippen LogP contribution in [0.4, 0.5) is 5.82 Å². The van der Waals surface area contributed by atoms with Gasteiger partial charge in [-0.05, 0) is 25.5 Å². The van der Waals surface area contributed by atoms with Crippen molar-refractivity contribution in [3.63, 3.8) is 0 Å². The van der Waals surface area contributed by atoms with Gasteiger partial charge in [-0.3, -0.25) is 4.57 Å². The molecule has 0 aliphatic heterocycles. The fourth-order valence-electron chi connectivity index (χ4n) is 3.05. The molecule has 0 spiro atoms. The Morgan fingerprint density at radius 3 is 2.96 bits per heavy atom. The second-order valence-electron chi connectivity index (χ2n) is 6.27. The van der Waals surface area contributed by atoms with Crippen LogP contribution in [0.3, 0.4) is 0 Å². The number of benzene rings is 1. The van der Waals surface area contributed by atoms with Gasteiger partial charge in [-0.2, -0.15) is 0 Å². The zero-order valence-corrected chi connectivity index (χ0v) is 15.1. The molecule has 0 radical (unpaired) electrons. The van der Waals surface area contributed by atoms with E-state index in [1.807, 2.05) is 4.57 Å². The normalized spacial score (nSPS) is 12.5. The number of oxazole rings is 1. The number of rotatable bonds is 6. The van der Waals surface area contributed by atoms with Crippen LogP contribution >= 0.6 is 0 Å². The van der Waals surface area contributed by atoms with Crippen LogP contribution in [0.1, 0.15) is 19.4 Å². The lowest BCUT2D eigenvalue weighted by Crippen LogP contribution is -2.26. The Morgan fingerprint density at radius 1 is 1.29 bits per heavy atom. The number of aryl methyl sites for hydroxylation is 1. The molecule has 0 aliphatic rings. The number of hydrogen-bond acceptors (Lipinski definition) is 8. The Labute approximate surface area is 158 Å². The van der Waals surface area contributed by atoms with Crippen LogP contribution in [0.25, 0.3) is 22.3 Å². The third kappa shape index (κ3) is 3.08. The number of anilines is 1. The fourth-order valence-corrected chi connectivity index (χ4v) is 3.05. The predicted octanol–water partition coefficient (Wildman–Crippen LogP) is 1.51. The molecule has 0 aliphatic carbocycles. The van der Waals surface area contributed by atoms with E-state index < -0.39 is 17.8 Å². The highest BCUT2D eigenvalue weighted by molar-refractivity contribution is 5.81. The summed E-state index contributed by atoms with van der Waals surface area (Å²) < 4.78 is 13.6. The van der Waals surface area contributed by atoms with E-state index in [0.29, 0.717) is 41.0 Å². The number of nitrogen functional groups attached to an aromatic ring is 1. The highest BCUT2D eigenvalue weighted by Crippen LogP contribution is 2.18. The number of carbonyl (C=O) groups is 1. The first-order valence-electron chi connectivity index (χ1n) is 8.74. The van der Waals surface area contributed by atoms with Crippen molar-refractivity contribution in [2.45, 2.75) is 25.9 Å². The highest BCUT2D eigenvalue weighted by Gasteiger charge is 2.22. The van der Waals surface area contributed by atoms with Gasteiger partial charge < -0.3 is 19.5 Å². The summed E-state index contributed by atoms with van der Waals surface area (Å²) in [6.07, 6.45) is 3.55. The molecule has 4 rings (SSSR count). The number of nitrogens with two attached hydrogens (primary N) is 1. The topological polar surface area (TPSA) is 131 Å². The van der Waals surface area contributed by atoms with E-state index in [9.17, 15) is 9.59 Å². The molecule has 0 saturated carbocycles. The zero-order chi connectivity index (χ0) is 19.7. The van der Waals surface area contributed by atoms with Gasteiger partial charge in [0.1, 0.15) is 17.9 Å². The van der Waals surface area contributed by atoms with Crippen molar-refractivity contribution >= 4 is 34.1 Å². The van der Waals surface area contributed by atoms with Crippen molar-refractivity contribution < 1.29 is 13.9 Å². The molecule has 0 fully saturated rings. The number of aromatic nitrogens is 5. The lowest BCUT2D eigenvalue weighted by Gasteiger charge is -2.12. The van der Waals surface area contributed by atoms with Crippen molar-refractivity contribution in [2.24, 2.45) is 0 Å². The van der Waals surface area contributed by atoms with Gasteiger partial charge in [0.15, 0.2) is 17.0 Å². The SMILES string of the molecule is CC(C(=O)OCCCn1cnc2c(N)ncnc21)n1c(=O)oc2ccccc21. The standard InChI is InChI=1S/C18H18N6O4/c1-11(24-12-5-2-3-6-13(12)28-18(24)26)17(25)27-8-4-7-23-10-22-14-15(19)20-9-21-16(14)23/h2-3,5-6,9-11H,4,7-8H2,1H3,(H2,19,20,21). The molecule has 10 heteroatoms. The van der Waals surface area contributed by atoms with E-state index in [4.69, 9.17) is 14.9 Å². The average Bonchev–Trinajstić information content (AvgIpc) is 3.25. The van der Waals surface area contributed by atoms with E-state index in [1.54, 1.807) is 37.5 Å². The molecule has 28 heavy (non-hydrogen) atoms. The van der Waals surface area contributed by atoms with Crippen molar-refractivity contribution in [1.29, 1.82) is 0 Å². The summed E-state index contributed by atoms with van der Waals surface area (Å²) in [4.78, 5) is 36.7. The maximum atomic E-state index is 12.4. The number of ether oxygens (including phenoxy) is 1. The molecule has 1 unspecified atom stereocenters. The molecular formula is C18H18N6O4. The fraction of sp³-hybridized carbons (Fsp3) is 0.278. The summed E-state index contributed by atoms with van der Waals surface area (Å²) >= 11 is 0. The number of imidazole rings is 1. The molecule has 4 aromatic rings. The van der Waals surface area contributed by atoms with Crippen LogP contribution in [-0.2, 0) is 16.1 Å². The number of esters is 1. The van der Waals surface area contributed by atoms with E-state index in [1.165, 1.54) is 10.9 Å². The summed E-state index contributed by atoms with van der Waals surface area (Å²) in [6, 6.07) is 6.14. The van der Waals surface area contributed by atoms with Gasteiger partial charge in [0.05, 0.1) is 18.5 Å². The van der Waals surface area contributed by atoms with E-state index >= 15 is 0 Å². The quantitative estimate of drug-likeness (QED) is 0.392. The number of carbonyl (C=O) groups excluding carboxylic acids is 1. The van der Waals surface area contributed by atoms with Gasteiger partial charge in [0.25, 0.3) is 0 Å². The maximum absolute atomic E-state index is 12.4. The van der Waals surface area contributed by atoms with E-state index in [2.05, 4.69) is 15.0 Å². The summed E-state index contributed by atoms with van der Waals surface area (Å²) in [5, 5.41) is 0. The molecule has 144 valence electrons. The molecule has 1 atom stereocenters. The summed E-state index contributed by atoms with van der Waals surface area (Å²) in [5.74, 6) is -0.773. The van der Waals surface area contributed by atoms with Gasteiger partial charge in [0, 0.05) is 6.54 Å². The lowest BCUT2D eigenvalue weighted by atomic mass is 10.3. The average molecular weight is 382 g/mol. The van der Waals surface area contributed by atoms with Crippen molar-refractivity contribution in [2.75, 3.05) is 12.3 Å². The first-order chi connectivity index (χ1) is 13.6. The second kappa shape index (κ2) is 7.14. The minimum Gasteiger partial charge on any atom is -0.464 e. The van der Waals surface area contributed by atoms with Crippen LogP contribution in [-0.4, -0.2) is 36.7 Å². The number of fused-ring (bicyclic) bond motifs is 2. The van der Waals surface area contributed by atoms with Gasteiger partial charge in [-0.25, -0.2) is 24.5 Å². The Kier molecular flexibility index (Phi) is 4.52. The van der Waals surface area contributed by atoms with Crippen molar-refractivity contribution in [3.8, 4) is 0 Å². The number of para-hydroxylation sites is 2. The van der Waals surface area contributed by atoms with E-state index in [-0.39, 0.29) is 6.61 Å². The minimum absolute atomic E-state index is 0.188. The molecule has 0 saturated heterocycles. The molecule has 0 bridgehead atoms. The first kappa shape index (κ1) is 17.7. The Morgan fingerprint density at radius 2 is 2.11 bits per heavy atom. The molecular weight excluding hydrogens is 364 g/mol. The van der Waals surface area contributed by atoms with Crippen LogP contribution in [0, 0.1) is 0 Å². The monoisotopic (exact) mass is 382 g/mol. The molecule has 3 aromatic heterocycles. The van der Waals surface area contributed by atoms with Crippen molar-refractivity contribution in [1.82, 2.24) is 24.1 Å². The Bertz CT molecular complexity index is 1210. The van der Waals surface area contributed by atoms with Gasteiger partial charge in [-0.15, -0.1) is 0 Å². The van der Waals surface area contributed by atoms with Crippen LogP contribution < -0.4 is 11.5 Å². The first-order valence-corrected chi connectivity index (χ1v) is 8.74. The molecule has 10 nitrogen and oxygen atoms in total. The molecule has 0 amide bonds. The van der Waals surface area contributed by atoms with Crippen LogP contribution in [0.2, 0.25) is 0 Å². The smallest absolute Gasteiger partial charge is 0.420 e. The molecule has 2 N–H and O–H groups in total. The molecule has 1 aromatic carbocycles. The maximum Gasteiger partial charge on any atom is 0.420 e. The van der Waals surface area contributed by atoms with Crippen LogP contribution in [0.15, 0.2) is 46.1 Å².